The molecule has 2 aromatic carbocycles. The van der Waals surface area contributed by atoms with Gasteiger partial charge in [0.25, 0.3) is 5.91 Å². The van der Waals surface area contributed by atoms with Crippen molar-refractivity contribution < 1.29 is 17.9 Å². The lowest BCUT2D eigenvalue weighted by Crippen LogP contribution is -2.28. The van der Waals surface area contributed by atoms with E-state index in [0.717, 1.165) is 24.8 Å². The normalized spacial score (nSPS) is 14.0. The van der Waals surface area contributed by atoms with E-state index in [2.05, 4.69) is 16.1 Å². The molecule has 31 heavy (non-hydrogen) atoms. The van der Waals surface area contributed by atoms with E-state index < -0.39 is 10.0 Å². The van der Waals surface area contributed by atoms with E-state index in [1.165, 1.54) is 37.7 Å². The highest BCUT2D eigenvalue weighted by Crippen LogP contribution is 2.25. The minimum Gasteiger partial charge on any atom is -0.495 e. The summed E-state index contributed by atoms with van der Waals surface area (Å²) >= 11 is 0. The van der Waals surface area contributed by atoms with Crippen LogP contribution in [0.5, 0.6) is 5.75 Å². The van der Waals surface area contributed by atoms with Crippen molar-refractivity contribution in [3.63, 3.8) is 0 Å². The molecule has 2 aromatic rings. The van der Waals surface area contributed by atoms with Crippen LogP contribution in [0, 0.1) is 0 Å². The first kappa shape index (κ1) is 23.0. The fourth-order valence-electron chi connectivity index (χ4n) is 3.65. The van der Waals surface area contributed by atoms with Gasteiger partial charge < -0.3 is 10.1 Å². The van der Waals surface area contributed by atoms with Crippen molar-refractivity contribution in [3.8, 4) is 5.75 Å². The number of sulfonamides is 1. The molecular weight excluding hydrogens is 412 g/mol. The third kappa shape index (κ3) is 6.67. The number of nitrogens with one attached hydrogen (secondary N) is 2. The molecule has 6 nitrogen and oxygen atoms in total. The summed E-state index contributed by atoms with van der Waals surface area (Å²) in [6.45, 7) is 0.787. The molecule has 1 aliphatic rings. The summed E-state index contributed by atoms with van der Waals surface area (Å²) in [7, 11) is -2.42. The summed E-state index contributed by atoms with van der Waals surface area (Å²) in [6, 6.07) is 14.1. The van der Waals surface area contributed by atoms with Crippen LogP contribution in [0.3, 0.4) is 0 Å². The van der Waals surface area contributed by atoms with Crippen LogP contribution in [0.2, 0.25) is 0 Å². The highest BCUT2D eigenvalue weighted by atomic mass is 32.2. The molecule has 1 aliphatic carbocycles. The number of allylic oxidation sites excluding steroid dienone is 1. The number of carbonyl (C=O) groups excluding carboxylic acids is 1. The number of hydrogen-bond donors (Lipinski definition) is 2. The van der Waals surface area contributed by atoms with Crippen LogP contribution < -0.4 is 14.8 Å². The Bertz CT molecular complexity index is 1020. The number of methoxy groups -OCH3 is 1. The summed E-state index contributed by atoms with van der Waals surface area (Å²) in [5.41, 5.74) is 2.72. The molecule has 1 amide bonds. The lowest BCUT2D eigenvalue weighted by molar-refractivity contribution is 0.0953. The van der Waals surface area contributed by atoms with E-state index in [-0.39, 0.29) is 23.1 Å². The van der Waals surface area contributed by atoms with E-state index in [4.69, 9.17) is 4.74 Å². The molecule has 0 spiro atoms. The van der Waals surface area contributed by atoms with Gasteiger partial charge in [0.2, 0.25) is 10.0 Å². The van der Waals surface area contributed by atoms with Crippen LogP contribution in [0.4, 0.5) is 0 Å². The summed E-state index contributed by atoms with van der Waals surface area (Å²) in [6.07, 6.45) is 8.30. The lowest BCUT2D eigenvalue weighted by Gasteiger charge is -2.14. The molecular formula is C24H30N2O4S. The molecule has 166 valence electrons. The van der Waals surface area contributed by atoms with Gasteiger partial charge in [-0.05, 0) is 62.3 Å². The van der Waals surface area contributed by atoms with Gasteiger partial charge in [-0.3, -0.25) is 4.79 Å². The molecule has 0 saturated heterocycles. The Morgan fingerprint density at radius 2 is 1.84 bits per heavy atom. The largest absolute Gasteiger partial charge is 0.495 e. The standard InChI is InChI=1S/C24H30N2O4S/c1-30-22-13-12-21(24(27)25-16-14-19-8-4-2-5-9-19)18-23(22)31(28,29)26-17-15-20-10-6-3-7-11-20/h3,6-8,10-13,18,26H,2,4-5,9,14-17H2,1H3,(H,25,27). The van der Waals surface area contributed by atoms with Crippen LogP contribution in [0.25, 0.3) is 0 Å². The predicted octanol–water partition coefficient (Wildman–Crippen LogP) is 3.84. The van der Waals surface area contributed by atoms with E-state index in [1.807, 2.05) is 30.3 Å². The maximum atomic E-state index is 12.9. The molecule has 0 atom stereocenters. The number of hydrogen-bond acceptors (Lipinski definition) is 4. The van der Waals surface area contributed by atoms with Crippen molar-refractivity contribution in [3.05, 3.63) is 71.3 Å². The monoisotopic (exact) mass is 442 g/mol. The zero-order chi connectivity index (χ0) is 22.1. The second-order valence-electron chi connectivity index (χ2n) is 7.61. The SMILES string of the molecule is COc1ccc(C(=O)NCCC2=CCCCC2)cc1S(=O)(=O)NCCc1ccccc1. The van der Waals surface area contributed by atoms with Crippen molar-refractivity contribution in [2.45, 2.75) is 43.4 Å². The van der Waals surface area contributed by atoms with Gasteiger partial charge in [0.1, 0.15) is 10.6 Å². The van der Waals surface area contributed by atoms with E-state index in [9.17, 15) is 13.2 Å². The van der Waals surface area contributed by atoms with Crippen LogP contribution in [-0.4, -0.2) is 34.5 Å². The minimum atomic E-state index is -3.83. The van der Waals surface area contributed by atoms with Gasteiger partial charge in [-0.2, -0.15) is 0 Å². The quantitative estimate of drug-likeness (QED) is 0.548. The Morgan fingerprint density at radius 3 is 2.55 bits per heavy atom. The molecule has 7 heteroatoms. The van der Waals surface area contributed by atoms with Crippen LogP contribution >= 0.6 is 0 Å². The highest BCUT2D eigenvalue weighted by Gasteiger charge is 2.21. The summed E-state index contributed by atoms with van der Waals surface area (Å²) in [5.74, 6) is -0.0871. The van der Waals surface area contributed by atoms with Crippen molar-refractivity contribution in [2.75, 3.05) is 20.2 Å². The second kappa shape index (κ2) is 11.1. The molecule has 0 aromatic heterocycles. The molecule has 0 aliphatic heterocycles. The minimum absolute atomic E-state index is 0.0364. The maximum Gasteiger partial charge on any atom is 0.251 e. The Hall–Kier alpha value is -2.64. The fraction of sp³-hybridized carbons (Fsp3) is 0.375. The van der Waals surface area contributed by atoms with Gasteiger partial charge in [0, 0.05) is 18.7 Å². The second-order valence-corrected chi connectivity index (χ2v) is 9.35. The molecule has 0 fully saturated rings. The summed E-state index contributed by atoms with van der Waals surface area (Å²) in [4.78, 5) is 12.5. The Kier molecular flexibility index (Phi) is 8.26. The summed E-state index contributed by atoms with van der Waals surface area (Å²) < 4.78 is 33.6. The van der Waals surface area contributed by atoms with E-state index in [0.29, 0.717) is 18.5 Å². The molecule has 3 rings (SSSR count). The number of rotatable bonds is 10. The number of ether oxygens (including phenoxy) is 1. The zero-order valence-corrected chi connectivity index (χ0v) is 18.7. The molecule has 0 unspecified atom stereocenters. The van der Waals surface area contributed by atoms with Crippen LogP contribution in [-0.2, 0) is 16.4 Å². The van der Waals surface area contributed by atoms with E-state index in [1.54, 1.807) is 6.07 Å². The molecule has 2 N–H and O–H groups in total. The van der Waals surface area contributed by atoms with Crippen molar-refractivity contribution in [2.24, 2.45) is 0 Å². The Balaban J connectivity index is 1.64. The molecule has 0 heterocycles. The zero-order valence-electron chi connectivity index (χ0n) is 17.9. The lowest BCUT2D eigenvalue weighted by atomic mass is 9.97. The topological polar surface area (TPSA) is 84.5 Å². The first-order valence-corrected chi connectivity index (χ1v) is 12.2. The first-order valence-electron chi connectivity index (χ1n) is 10.7. The van der Waals surface area contributed by atoms with Gasteiger partial charge in [-0.1, -0.05) is 42.0 Å². The third-order valence-electron chi connectivity index (χ3n) is 5.38. The van der Waals surface area contributed by atoms with Crippen LogP contribution in [0.1, 0.15) is 48.0 Å². The predicted molar refractivity (Wildman–Crippen MR) is 122 cm³/mol. The fourth-order valence-corrected chi connectivity index (χ4v) is 4.88. The maximum absolute atomic E-state index is 12.9. The van der Waals surface area contributed by atoms with Crippen molar-refractivity contribution in [1.82, 2.24) is 10.0 Å². The van der Waals surface area contributed by atoms with Gasteiger partial charge >= 0.3 is 0 Å². The van der Waals surface area contributed by atoms with Crippen LogP contribution in [0.15, 0.2) is 65.1 Å². The molecule has 0 bridgehead atoms. The molecule has 0 saturated carbocycles. The van der Waals surface area contributed by atoms with Gasteiger partial charge in [0.15, 0.2) is 0 Å². The molecule has 0 radical (unpaired) electrons. The Labute approximate surface area is 184 Å². The third-order valence-corrected chi connectivity index (χ3v) is 6.86. The number of amides is 1. The smallest absolute Gasteiger partial charge is 0.251 e. The summed E-state index contributed by atoms with van der Waals surface area (Å²) in [5, 5.41) is 2.89. The van der Waals surface area contributed by atoms with Gasteiger partial charge in [-0.25, -0.2) is 13.1 Å². The van der Waals surface area contributed by atoms with Crippen molar-refractivity contribution in [1.29, 1.82) is 0 Å². The highest BCUT2D eigenvalue weighted by molar-refractivity contribution is 7.89. The first-order chi connectivity index (χ1) is 15.0. The number of benzene rings is 2. The van der Waals surface area contributed by atoms with E-state index >= 15 is 0 Å². The number of carbonyl (C=O) groups is 1. The van der Waals surface area contributed by atoms with Crippen molar-refractivity contribution >= 4 is 15.9 Å². The average molecular weight is 443 g/mol. The average Bonchev–Trinajstić information content (AvgIpc) is 2.80. The van der Waals surface area contributed by atoms with Gasteiger partial charge in [-0.15, -0.1) is 0 Å². The Morgan fingerprint density at radius 1 is 1.03 bits per heavy atom. The van der Waals surface area contributed by atoms with Gasteiger partial charge in [0.05, 0.1) is 7.11 Å².